The molecule has 2 aromatic carbocycles. The van der Waals surface area contributed by atoms with Gasteiger partial charge in [0.25, 0.3) is 0 Å². The Kier molecular flexibility index (Phi) is 19.7. The van der Waals surface area contributed by atoms with Gasteiger partial charge in [-0.25, -0.2) is 14.8 Å². The lowest BCUT2D eigenvalue weighted by atomic mass is 10.0. The highest BCUT2D eigenvalue weighted by Gasteiger charge is 2.16. The summed E-state index contributed by atoms with van der Waals surface area (Å²) in [6, 6.07) is 24.0. The van der Waals surface area contributed by atoms with Crippen molar-refractivity contribution in [2.24, 2.45) is 28.8 Å². The highest BCUT2D eigenvalue weighted by atomic mass is 31.2. The maximum absolute atomic E-state index is 11.5. The third-order valence-electron chi connectivity index (χ3n) is 7.03. The average Bonchev–Trinajstić information content (AvgIpc) is 3.08. The molecule has 4 aromatic rings. The Labute approximate surface area is 313 Å². The van der Waals surface area contributed by atoms with Gasteiger partial charge < -0.3 is 15.7 Å². The van der Waals surface area contributed by atoms with Gasteiger partial charge in [-0.2, -0.15) is 0 Å². The van der Waals surface area contributed by atoms with Crippen molar-refractivity contribution in [1.82, 2.24) is 9.97 Å². The molecule has 0 saturated heterocycles. The molecule has 0 spiro atoms. The van der Waals surface area contributed by atoms with E-state index in [0.29, 0.717) is 34.2 Å². The highest BCUT2D eigenvalue weighted by Crippen LogP contribution is 2.32. The number of carbonyl (C=O) groups excluding carboxylic acids is 2. The summed E-state index contributed by atoms with van der Waals surface area (Å²) >= 11 is 0. The molecule has 1 unspecified atom stereocenters. The summed E-state index contributed by atoms with van der Waals surface area (Å²) in [7, 11) is -3.20. The van der Waals surface area contributed by atoms with Crippen molar-refractivity contribution >= 4 is 41.7 Å². The number of hydrogen-bond donors (Lipinski definition) is 3. The fourth-order valence-electron chi connectivity index (χ4n) is 4.42. The summed E-state index contributed by atoms with van der Waals surface area (Å²) in [6.45, 7) is 17.1. The molecule has 0 saturated carbocycles. The van der Waals surface area contributed by atoms with E-state index in [4.69, 9.17) is 16.4 Å². The minimum atomic E-state index is -3.20. The number of carboxylic acid groups (broad SMARTS) is 1. The van der Waals surface area contributed by atoms with Crippen molar-refractivity contribution in [2.45, 2.75) is 68.2 Å². The lowest BCUT2D eigenvalue weighted by Crippen LogP contribution is -2.11. The number of aromatic carboxylic acids is 1. The fraction of sp³-hybridized carbons (Fsp3) is 0.375. The molecule has 0 bridgehead atoms. The number of nitrogen functional groups attached to an aromatic ring is 1. The van der Waals surface area contributed by atoms with Crippen LogP contribution in [0.1, 0.15) is 98.0 Å². The normalized spacial score (nSPS) is 11.5. The largest absolute Gasteiger partial charge is 0.477 e. The standard InChI is InChI=1S/C10H11N3O.C10H16NO2P.C10H13NO2.C10H13NO/c1-7(2)10(14)8-3-5-9(6-4-8)12-13-11;1-8(2)7-9-5-4-6-10(11-9)14(3,12)13;1-7(2)6-8-4-3-5-9(11-8)10(12)13;1-7(2)10(12)8-3-5-9(11)6-4-8/h3-7H,1-2H3;4-6,8H,7H2,1-3H3,(H,12,13);3-5,7H,6H2,1-2H3,(H,12,13);3-7H,11H2,1-2H3. The average molecular weight is 745 g/mol. The molecule has 284 valence electrons. The minimum absolute atomic E-state index is 0.0136. The van der Waals surface area contributed by atoms with Gasteiger partial charge in [0.15, 0.2) is 11.6 Å². The fourth-order valence-corrected chi connectivity index (χ4v) is 5.10. The molecule has 2 aromatic heterocycles. The van der Waals surface area contributed by atoms with Crippen molar-refractivity contribution in [3.05, 3.63) is 124 Å². The Balaban J connectivity index is 0.000000354. The third kappa shape index (κ3) is 18.3. The van der Waals surface area contributed by atoms with E-state index in [9.17, 15) is 23.8 Å². The second kappa shape index (κ2) is 22.7. The first-order valence-corrected chi connectivity index (χ1v) is 19.4. The predicted molar refractivity (Wildman–Crippen MR) is 212 cm³/mol. The molecule has 0 amide bonds. The molecule has 0 fully saturated rings. The van der Waals surface area contributed by atoms with Crippen LogP contribution < -0.4 is 11.2 Å². The first-order valence-electron chi connectivity index (χ1n) is 17.3. The van der Waals surface area contributed by atoms with E-state index in [2.05, 4.69) is 47.7 Å². The topological polar surface area (TPSA) is 209 Å². The quantitative estimate of drug-likeness (QED) is 0.0333. The van der Waals surface area contributed by atoms with Gasteiger partial charge in [-0.3, -0.25) is 14.2 Å². The van der Waals surface area contributed by atoms with Gasteiger partial charge in [-0.15, -0.1) is 0 Å². The van der Waals surface area contributed by atoms with Gasteiger partial charge in [0.1, 0.15) is 11.1 Å². The zero-order valence-corrected chi connectivity index (χ0v) is 33.0. The summed E-state index contributed by atoms with van der Waals surface area (Å²) in [6.07, 6.45) is 1.66. The van der Waals surface area contributed by atoms with Crippen molar-refractivity contribution in [2.75, 3.05) is 12.4 Å². The second-order valence-electron chi connectivity index (χ2n) is 13.8. The lowest BCUT2D eigenvalue weighted by molar-refractivity contribution is 0.0689. The van der Waals surface area contributed by atoms with Crippen LogP contribution in [-0.2, 0) is 17.4 Å². The second-order valence-corrected chi connectivity index (χ2v) is 16.0. The number of rotatable bonds is 11. The summed E-state index contributed by atoms with van der Waals surface area (Å²) < 4.78 is 11.3. The Hall–Kier alpha value is -5.15. The minimum Gasteiger partial charge on any atom is -0.477 e. The maximum Gasteiger partial charge on any atom is 0.354 e. The summed E-state index contributed by atoms with van der Waals surface area (Å²) in [4.78, 5) is 53.7. The number of carbonyl (C=O) groups is 3. The molecule has 12 nitrogen and oxygen atoms in total. The van der Waals surface area contributed by atoms with Crippen molar-refractivity contribution < 1.29 is 28.9 Å². The number of azide groups is 1. The van der Waals surface area contributed by atoms with E-state index in [1.165, 1.54) is 12.7 Å². The van der Waals surface area contributed by atoms with Gasteiger partial charge >= 0.3 is 5.97 Å². The van der Waals surface area contributed by atoms with Crippen molar-refractivity contribution in [3.8, 4) is 0 Å². The van der Waals surface area contributed by atoms with Gasteiger partial charge in [0.2, 0.25) is 7.37 Å². The van der Waals surface area contributed by atoms with Crippen molar-refractivity contribution in [1.29, 1.82) is 0 Å². The van der Waals surface area contributed by atoms with Crippen LogP contribution in [-0.4, -0.2) is 44.2 Å². The number of ketones is 2. The third-order valence-corrected chi connectivity index (χ3v) is 8.13. The zero-order valence-electron chi connectivity index (χ0n) is 32.1. The SMILES string of the molecule is CC(C)C(=O)c1ccc(N)cc1.CC(C)C(=O)c1ccc(N=[N+]=[N-])cc1.CC(C)Cc1cccc(C(=O)O)n1.CC(C)Cc1cccc(P(C)(=O)O)n1. The van der Waals surface area contributed by atoms with Crippen LogP contribution in [0.5, 0.6) is 0 Å². The number of carboxylic acids is 1. The molecule has 0 aliphatic heterocycles. The van der Waals surface area contributed by atoms with Crippen LogP contribution in [0.4, 0.5) is 11.4 Å². The molecular weight excluding hydrogens is 691 g/mol. The number of hydrogen-bond acceptors (Lipinski definition) is 8. The number of nitrogens with two attached hydrogens (primary N) is 1. The van der Waals surface area contributed by atoms with Gasteiger partial charge in [0.05, 0.1) is 0 Å². The number of benzene rings is 2. The van der Waals surface area contributed by atoms with E-state index >= 15 is 0 Å². The summed E-state index contributed by atoms with van der Waals surface area (Å²) in [5.74, 6) is 0.330. The first kappa shape index (κ1) is 45.9. The highest BCUT2D eigenvalue weighted by molar-refractivity contribution is 7.65. The maximum atomic E-state index is 11.5. The van der Waals surface area contributed by atoms with E-state index in [0.717, 1.165) is 29.8 Å². The summed E-state index contributed by atoms with van der Waals surface area (Å²) in [5.41, 5.74) is 18.4. The van der Waals surface area contributed by atoms with Crippen LogP contribution in [0.3, 0.4) is 0 Å². The lowest BCUT2D eigenvalue weighted by Gasteiger charge is -2.08. The number of anilines is 1. The van der Waals surface area contributed by atoms with Crippen LogP contribution in [0.15, 0.2) is 90.0 Å². The molecular formula is C40H53N6O6P. The molecule has 1 atom stereocenters. The van der Waals surface area contributed by atoms with Crippen LogP contribution in [0.25, 0.3) is 10.4 Å². The van der Waals surface area contributed by atoms with Crippen molar-refractivity contribution in [3.63, 3.8) is 0 Å². The Bertz CT molecular complexity index is 1860. The predicted octanol–water partition coefficient (Wildman–Crippen LogP) is 9.36. The van der Waals surface area contributed by atoms with E-state index in [1.807, 2.05) is 39.8 Å². The molecule has 4 rings (SSSR count). The zero-order chi connectivity index (χ0) is 40.3. The van der Waals surface area contributed by atoms with Gasteiger partial charge in [-0.1, -0.05) is 96.9 Å². The van der Waals surface area contributed by atoms with Gasteiger partial charge in [0, 0.05) is 57.3 Å². The summed E-state index contributed by atoms with van der Waals surface area (Å²) in [5, 5.41) is 12.1. The van der Waals surface area contributed by atoms with Crippen LogP contribution in [0.2, 0.25) is 0 Å². The molecule has 0 aliphatic rings. The number of pyridine rings is 2. The van der Waals surface area contributed by atoms with Crippen LogP contribution >= 0.6 is 7.37 Å². The Morgan fingerprint density at radius 1 is 0.736 bits per heavy atom. The molecule has 53 heavy (non-hydrogen) atoms. The monoisotopic (exact) mass is 744 g/mol. The molecule has 0 aliphatic carbocycles. The Morgan fingerprint density at radius 2 is 1.17 bits per heavy atom. The molecule has 13 heteroatoms. The molecule has 2 heterocycles. The first-order chi connectivity index (χ1) is 24.7. The smallest absolute Gasteiger partial charge is 0.354 e. The van der Waals surface area contributed by atoms with E-state index < -0.39 is 13.3 Å². The van der Waals surface area contributed by atoms with E-state index in [-0.39, 0.29) is 29.1 Å². The molecule has 0 radical (unpaired) electrons. The van der Waals surface area contributed by atoms with E-state index in [1.54, 1.807) is 66.7 Å². The Morgan fingerprint density at radius 3 is 1.57 bits per heavy atom. The number of aromatic nitrogens is 2. The number of nitrogens with zero attached hydrogens (tertiary/aromatic N) is 5. The number of Topliss-reactive ketones (excluding diaryl/α,β-unsaturated/α-hetero) is 2. The molecule has 4 N–H and O–H groups in total. The van der Waals surface area contributed by atoms with Crippen LogP contribution in [0, 0.1) is 23.7 Å². The van der Waals surface area contributed by atoms with Gasteiger partial charge in [-0.05, 0) is 78.7 Å².